The molecule has 2 aliphatic rings. The molecule has 0 radical (unpaired) electrons. The quantitative estimate of drug-likeness (QED) is 0.684. The van der Waals surface area contributed by atoms with E-state index >= 15 is 0 Å². The minimum Gasteiger partial charge on any atom is -0.507 e. The highest BCUT2D eigenvalue weighted by Gasteiger charge is 2.42. The van der Waals surface area contributed by atoms with E-state index < -0.39 is 6.23 Å². The molecule has 2 atom stereocenters. The summed E-state index contributed by atoms with van der Waals surface area (Å²) in [7, 11) is 0. The van der Waals surface area contributed by atoms with Crippen molar-refractivity contribution < 1.29 is 14.6 Å². The molecule has 6 nitrogen and oxygen atoms in total. The molecule has 152 valence electrons. The van der Waals surface area contributed by atoms with Crippen LogP contribution in [0.1, 0.15) is 47.9 Å². The Hall–Kier alpha value is -3.54. The Kier molecular flexibility index (Phi) is 4.54. The number of pyridine rings is 1. The summed E-state index contributed by atoms with van der Waals surface area (Å²) in [6, 6.07) is 15.4. The number of aryl methyl sites for hydroxylation is 1. The van der Waals surface area contributed by atoms with E-state index in [0.717, 1.165) is 39.5 Å². The van der Waals surface area contributed by atoms with Crippen LogP contribution in [0.3, 0.4) is 0 Å². The van der Waals surface area contributed by atoms with Crippen LogP contribution in [-0.2, 0) is 0 Å². The molecular formula is C24H23N3O3. The van der Waals surface area contributed by atoms with Crippen molar-refractivity contribution in [1.29, 1.82) is 0 Å². The zero-order valence-electron chi connectivity index (χ0n) is 16.9. The van der Waals surface area contributed by atoms with Crippen molar-refractivity contribution in [3.63, 3.8) is 0 Å². The number of nitrogens with zero attached hydrogens (tertiary/aromatic N) is 3. The average Bonchev–Trinajstić information content (AvgIpc) is 3.21. The van der Waals surface area contributed by atoms with Crippen LogP contribution in [0.4, 0.5) is 0 Å². The second-order valence-corrected chi connectivity index (χ2v) is 7.53. The summed E-state index contributed by atoms with van der Waals surface area (Å²) in [5.74, 6) is 1.73. The lowest BCUT2D eigenvalue weighted by molar-refractivity contribution is -0.0212. The lowest BCUT2D eigenvalue weighted by Gasteiger charge is -2.38. The van der Waals surface area contributed by atoms with Crippen LogP contribution in [0.5, 0.6) is 17.2 Å². The van der Waals surface area contributed by atoms with E-state index in [9.17, 15) is 5.11 Å². The van der Waals surface area contributed by atoms with Gasteiger partial charge in [-0.15, -0.1) is 0 Å². The number of phenolic OH excluding ortho intramolecular Hbond substituents is 1. The number of hydrazone groups is 1. The molecule has 0 bridgehead atoms. The molecule has 0 amide bonds. The third-order valence-electron chi connectivity index (χ3n) is 5.53. The fourth-order valence-corrected chi connectivity index (χ4v) is 4.14. The van der Waals surface area contributed by atoms with Gasteiger partial charge in [-0.25, -0.2) is 5.01 Å². The zero-order chi connectivity index (χ0) is 20.7. The third-order valence-corrected chi connectivity index (χ3v) is 5.53. The minimum absolute atomic E-state index is 0.0118. The number of phenols is 1. The molecule has 5 rings (SSSR count). The van der Waals surface area contributed by atoms with E-state index in [1.54, 1.807) is 18.5 Å². The predicted molar refractivity (Wildman–Crippen MR) is 114 cm³/mol. The zero-order valence-corrected chi connectivity index (χ0v) is 16.9. The highest BCUT2D eigenvalue weighted by Crippen LogP contribution is 2.51. The van der Waals surface area contributed by atoms with Gasteiger partial charge in [-0.2, -0.15) is 5.10 Å². The molecule has 2 aromatic carbocycles. The number of hydrogen-bond acceptors (Lipinski definition) is 6. The van der Waals surface area contributed by atoms with E-state index in [-0.39, 0.29) is 11.8 Å². The largest absolute Gasteiger partial charge is 0.507 e. The van der Waals surface area contributed by atoms with Crippen molar-refractivity contribution in [2.45, 2.75) is 32.5 Å². The standard InChI is InChI=1S/C24H23N3O3/c1-3-29-22-6-4-5-17-20-14-19(18-13-15(2)7-8-21(18)28)26-27(20)24(30-23(17)22)16-9-11-25-12-10-16/h4-13,20,24,28H,3,14H2,1-2H3/t20-,24+/m1/s1. The number of rotatable bonds is 4. The molecule has 0 saturated heterocycles. The van der Waals surface area contributed by atoms with Crippen molar-refractivity contribution in [2.24, 2.45) is 5.10 Å². The molecular weight excluding hydrogens is 378 g/mol. The van der Waals surface area contributed by atoms with Crippen molar-refractivity contribution in [3.05, 3.63) is 83.2 Å². The monoisotopic (exact) mass is 401 g/mol. The summed E-state index contributed by atoms with van der Waals surface area (Å²) in [5.41, 5.74) is 4.69. The molecule has 30 heavy (non-hydrogen) atoms. The smallest absolute Gasteiger partial charge is 0.214 e. The Morgan fingerprint density at radius 1 is 1.17 bits per heavy atom. The Morgan fingerprint density at radius 3 is 2.80 bits per heavy atom. The Morgan fingerprint density at radius 2 is 2.00 bits per heavy atom. The van der Waals surface area contributed by atoms with E-state index in [1.807, 2.05) is 55.3 Å². The Balaban J connectivity index is 1.63. The number of aromatic hydroxyl groups is 1. The SMILES string of the molecule is CCOc1cccc2c1O[C@@H](c1ccncc1)N1N=C(c3cc(C)ccc3O)C[C@H]21. The van der Waals surface area contributed by atoms with Gasteiger partial charge in [0.25, 0.3) is 0 Å². The number of fused-ring (bicyclic) bond motifs is 3. The van der Waals surface area contributed by atoms with Crippen LogP contribution in [0.25, 0.3) is 0 Å². The van der Waals surface area contributed by atoms with Gasteiger partial charge in [0.2, 0.25) is 6.23 Å². The molecule has 6 heteroatoms. The molecule has 0 saturated carbocycles. The van der Waals surface area contributed by atoms with Gasteiger partial charge in [0.15, 0.2) is 11.5 Å². The van der Waals surface area contributed by atoms with Crippen molar-refractivity contribution in [2.75, 3.05) is 6.61 Å². The normalized spacial score (nSPS) is 19.5. The lowest BCUT2D eigenvalue weighted by Crippen LogP contribution is -2.33. The molecule has 3 heterocycles. The van der Waals surface area contributed by atoms with Gasteiger partial charge >= 0.3 is 0 Å². The molecule has 0 spiro atoms. The first-order chi connectivity index (χ1) is 14.7. The summed E-state index contributed by atoms with van der Waals surface area (Å²) in [6.07, 6.45) is 3.77. The first kappa shape index (κ1) is 18.5. The maximum Gasteiger partial charge on any atom is 0.214 e. The summed E-state index contributed by atoms with van der Waals surface area (Å²) >= 11 is 0. The average molecular weight is 401 g/mol. The fourth-order valence-electron chi connectivity index (χ4n) is 4.14. The van der Waals surface area contributed by atoms with Crippen molar-refractivity contribution in [3.8, 4) is 17.2 Å². The van der Waals surface area contributed by atoms with Gasteiger partial charge in [0.05, 0.1) is 18.4 Å². The van der Waals surface area contributed by atoms with Gasteiger partial charge < -0.3 is 14.6 Å². The number of para-hydroxylation sites is 1. The molecule has 3 aromatic rings. The van der Waals surface area contributed by atoms with Crippen molar-refractivity contribution in [1.82, 2.24) is 9.99 Å². The molecule has 0 fully saturated rings. The second-order valence-electron chi connectivity index (χ2n) is 7.53. The van der Waals surface area contributed by atoms with E-state index in [4.69, 9.17) is 14.6 Å². The highest BCUT2D eigenvalue weighted by atomic mass is 16.5. The summed E-state index contributed by atoms with van der Waals surface area (Å²) in [6.45, 7) is 4.54. The van der Waals surface area contributed by atoms with Crippen LogP contribution in [0.2, 0.25) is 0 Å². The minimum atomic E-state index is -0.406. The first-order valence-corrected chi connectivity index (χ1v) is 10.1. The van der Waals surface area contributed by atoms with E-state index in [1.165, 1.54) is 0 Å². The number of benzene rings is 2. The van der Waals surface area contributed by atoms with Crippen LogP contribution < -0.4 is 9.47 Å². The van der Waals surface area contributed by atoms with Gasteiger partial charge in [-0.1, -0.05) is 23.8 Å². The molecule has 1 aromatic heterocycles. The van der Waals surface area contributed by atoms with Crippen LogP contribution >= 0.6 is 0 Å². The fraction of sp³-hybridized carbons (Fsp3) is 0.250. The predicted octanol–water partition coefficient (Wildman–Crippen LogP) is 4.74. The Bertz CT molecular complexity index is 1110. The number of ether oxygens (including phenoxy) is 2. The summed E-state index contributed by atoms with van der Waals surface area (Å²) < 4.78 is 12.3. The maximum atomic E-state index is 10.5. The second kappa shape index (κ2) is 7.37. The molecule has 0 aliphatic carbocycles. The third kappa shape index (κ3) is 3.05. The lowest BCUT2D eigenvalue weighted by atomic mass is 9.95. The van der Waals surface area contributed by atoms with Crippen LogP contribution in [0.15, 0.2) is 66.0 Å². The Labute approximate surface area is 175 Å². The number of hydrogen-bond donors (Lipinski definition) is 1. The van der Waals surface area contributed by atoms with Gasteiger partial charge in [-0.05, 0) is 44.2 Å². The molecule has 1 N–H and O–H groups in total. The van der Waals surface area contributed by atoms with Gasteiger partial charge in [0, 0.05) is 35.5 Å². The highest BCUT2D eigenvalue weighted by molar-refractivity contribution is 6.04. The van der Waals surface area contributed by atoms with E-state index in [0.29, 0.717) is 13.0 Å². The number of aromatic nitrogens is 1. The van der Waals surface area contributed by atoms with Crippen LogP contribution in [-0.4, -0.2) is 27.4 Å². The van der Waals surface area contributed by atoms with Crippen LogP contribution in [0, 0.1) is 6.92 Å². The summed E-state index contributed by atoms with van der Waals surface area (Å²) in [5, 5.41) is 17.4. The summed E-state index contributed by atoms with van der Waals surface area (Å²) in [4.78, 5) is 4.13. The topological polar surface area (TPSA) is 67.2 Å². The van der Waals surface area contributed by atoms with Gasteiger partial charge in [0.1, 0.15) is 5.75 Å². The maximum absolute atomic E-state index is 10.5. The van der Waals surface area contributed by atoms with Crippen molar-refractivity contribution >= 4 is 5.71 Å². The molecule has 2 aliphatic heterocycles. The van der Waals surface area contributed by atoms with Gasteiger partial charge in [-0.3, -0.25) is 4.98 Å². The molecule has 0 unspecified atom stereocenters. The van der Waals surface area contributed by atoms with E-state index in [2.05, 4.69) is 11.1 Å². The first-order valence-electron chi connectivity index (χ1n) is 10.1.